The summed E-state index contributed by atoms with van der Waals surface area (Å²) < 4.78 is 53.0. The minimum Gasteiger partial charge on any atom is -0.399 e. The number of nitrogen functional groups attached to an aromatic ring is 1. The van der Waals surface area contributed by atoms with Crippen LogP contribution in [0.25, 0.3) is 0 Å². The zero-order chi connectivity index (χ0) is 15.8. The van der Waals surface area contributed by atoms with Crippen LogP contribution in [0.2, 0.25) is 10.0 Å². The average molecular weight is 353 g/mol. The number of anilines is 2. The highest BCUT2D eigenvalue weighted by Gasteiger charge is 2.22. The van der Waals surface area contributed by atoms with Crippen LogP contribution in [-0.2, 0) is 10.0 Å². The molecule has 4 nitrogen and oxygen atoms in total. The summed E-state index contributed by atoms with van der Waals surface area (Å²) in [5.41, 5.74) is 5.18. The van der Waals surface area contributed by atoms with Crippen LogP contribution in [0, 0.1) is 11.6 Å². The summed E-state index contributed by atoms with van der Waals surface area (Å²) >= 11 is 11.5. The maximum Gasteiger partial charge on any atom is 0.264 e. The Hall–Kier alpha value is -1.57. The molecule has 2 aromatic carbocycles. The van der Waals surface area contributed by atoms with Gasteiger partial charge in [0.15, 0.2) is 0 Å². The lowest BCUT2D eigenvalue weighted by atomic mass is 10.3. The fraction of sp³-hybridized carbons (Fsp3) is 0. The molecule has 0 fully saturated rings. The van der Waals surface area contributed by atoms with Crippen molar-refractivity contribution in [3.05, 3.63) is 52.0 Å². The Morgan fingerprint density at radius 2 is 1.62 bits per heavy atom. The fourth-order valence-corrected chi connectivity index (χ4v) is 3.39. The summed E-state index contributed by atoms with van der Waals surface area (Å²) in [5, 5.41) is -0.501. The van der Waals surface area contributed by atoms with Gasteiger partial charge in [-0.1, -0.05) is 23.2 Å². The van der Waals surface area contributed by atoms with Crippen LogP contribution in [0.4, 0.5) is 20.2 Å². The van der Waals surface area contributed by atoms with E-state index in [0.29, 0.717) is 0 Å². The number of rotatable bonds is 3. The first-order chi connectivity index (χ1) is 9.70. The lowest BCUT2D eigenvalue weighted by molar-refractivity contribution is 0.570. The van der Waals surface area contributed by atoms with Gasteiger partial charge in [0.2, 0.25) is 0 Å². The molecule has 112 valence electrons. The van der Waals surface area contributed by atoms with Gasteiger partial charge in [-0.15, -0.1) is 0 Å². The molecule has 2 rings (SSSR count). The lowest BCUT2D eigenvalue weighted by Crippen LogP contribution is -2.15. The van der Waals surface area contributed by atoms with E-state index in [-0.39, 0.29) is 21.4 Å². The molecule has 0 radical (unpaired) electrons. The standard InChI is InChI=1S/C12H8Cl2F2N2O2S/c13-8-3-6(15)4-9(14)12(8)18-21(19,20)11-2-1-7(17)5-10(11)16/h1-5,18H,17H2. The zero-order valence-corrected chi connectivity index (χ0v) is 12.5. The molecule has 0 aliphatic heterocycles. The molecule has 9 heteroatoms. The van der Waals surface area contributed by atoms with E-state index < -0.39 is 26.6 Å². The Morgan fingerprint density at radius 3 is 2.14 bits per heavy atom. The van der Waals surface area contributed by atoms with Crippen molar-refractivity contribution in [1.29, 1.82) is 0 Å². The van der Waals surface area contributed by atoms with E-state index in [4.69, 9.17) is 28.9 Å². The maximum absolute atomic E-state index is 13.7. The van der Waals surface area contributed by atoms with E-state index in [2.05, 4.69) is 0 Å². The van der Waals surface area contributed by atoms with Gasteiger partial charge < -0.3 is 5.73 Å². The molecule has 0 unspecified atom stereocenters. The third-order valence-electron chi connectivity index (χ3n) is 2.49. The molecule has 2 aromatic rings. The van der Waals surface area contributed by atoms with E-state index in [1.807, 2.05) is 4.72 Å². The number of benzene rings is 2. The monoisotopic (exact) mass is 352 g/mol. The van der Waals surface area contributed by atoms with Crippen molar-refractivity contribution in [3.8, 4) is 0 Å². The second-order valence-corrected chi connectivity index (χ2v) is 6.51. The minimum atomic E-state index is -4.29. The van der Waals surface area contributed by atoms with Crippen LogP contribution in [0.1, 0.15) is 0 Å². The Morgan fingerprint density at radius 1 is 1.05 bits per heavy atom. The molecule has 0 atom stereocenters. The second-order valence-electron chi connectivity index (χ2n) is 4.04. The second kappa shape index (κ2) is 5.67. The summed E-state index contributed by atoms with van der Waals surface area (Å²) in [6.45, 7) is 0. The SMILES string of the molecule is Nc1ccc(S(=O)(=O)Nc2c(Cl)cc(F)cc2Cl)c(F)c1. The lowest BCUT2D eigenvalue weighted by Gasteiger charge is -2.12. The van der Waals surface area contributed by atoms with Crippen molar-refractivity contribution in [2.45, 2.75) is 4.90 Å². The Kier molecular flexibility index (Phi) is 4.27. The molecule has 0 spiro atoms. The van der Waals surface area contributed by atoms with Gasteiger partial charge in [-0.2, -0.15) is 0 Å². The molecule has 0 saturated carbocycles. The first-order valence-electron chi connectivity index (χ1n) is 5.43. The number of hydrogen-bond donors (Lipinski definition) is 2. The van der Waals surface area contributed by atoms with Gasteiger partial charge in [0, 0.05) is 5.69 Å². The topological polar surface area (TPSA) is 72.2 Å². The summed E-state index contributed by atoms with van der Waals surface area (Å²) in [6, 6.07) is 4.85. The Labute approximate surface area is 129 Å². The van der Waals surface area contributed by atoms with Crippen LogP contribution in [0.3, 0.4) is 0 Å². The molecule has 0 amide bonds. The van der Waals surface area contributed by atoms with Crippen LogP contribution in [0.5, 0.6) is 0 Å². The fourth-order valence-electron chi connectivity index (χ4n) is 1.56. The summed E-state index contributed by atoms with van der Waals surface area (Å²) in [7, 11) is -4.29. The van der Waals surface area contributed by atoms with Crippen molar-refractivity contribution in [2.24, 2.45) is 0 Å². The zero-order valence-electron chi connectivity index (χ0n) is 10.2. The number of halogens is 4. The van der Waals surface area contributed by atoms with Crippen LogP contribution >= 0.6 is 23.2 Å². The number of hydrogen-bond acceptors (Lipinski definition) is 3. The molecule has 0 aromatic heterocycles. The van der Waals surface area contributed by atoms with E-state index >= 15 is 0 Å². The third kappa shape index (κ3) is 3.37. The average Bonchev–Trinajstić information content (AvgIpc) is 2.33. The van der Waals surface area contributed by atoms with Gasteiger partial charge >= 0.3 is 0 Å². The highest BCUT2D eigenvalue weighted by molar-refractivity contribution is 7.92. The Bertz CT molecular complexity index is 790. The van der Waals surface area contributed by atoms with Gasteiger partial charge in [-0.05, 0) is 30.3 Å². The predicted molar refractivity (Wildman–Crippen MR) is 78.0 cm³/mol. The quantitative estimate of drug-likeness (QED) is 0.828. The van der Waals surface area contributed by atoms with Crippen molar-refractivity contribution < 1.29 is 17.2 Å². The van der Waals surface area contributed by atoms with Crippen molar-refractivity contribution >= 4 is 44.6 Å². The van der Waals surface area contributed by atoms with Crippen LogP contribution < -0.4 is 10.5 Å². The van der Waals surface area contributed by atoms with Crippen LogP contribution in [0.15, 0.2) is 35.2 Å². The first kappa shape index (κ1) is 15.8. The molecule has 21 heavy (non-hydrogen) atoms. The Balaban J connectivity index is 2.47. The van der Waals surface area contributed by atoms with Gasteiger partial charge in [-0.25, -0.2) is 17.2 Å². The molecule has 3 N–H and O–H groups in total. The first-order valence-corrected chi connectivity index (χ1v) is 7.67. The van der Waals surface area contributed by atoms with Gasteiger partial charge in [-0.3, -0.25) is 4.72 Å². The summed E-state index contributed by atoms with van der Waals surface area (Å²) in [4.78, 5) is -0.631. The number of nitrogens with two attached hydrogens (primary N) is 1. The third-order valence-corrected chi connectivity index (χ3v) is 4.47. The van der Waals surface area contributed by atoms with Gasteiger partial charge in [0.25, 0.3) is 10.0 Å². The molecule has 0 heterocycles. The van der Waals surface area contributed by atoms with Gasteiger partial charge in [0.05, 0.1) is 15.7 Å². The summed E-state index contributed by atoms with van der Waals surface area (Å²) in [6.07, 6.45) is 0. The van der Waals surface area contributed by atoms with Crippen molar-refractivity contribution in [2.75, 3.05) is 10.5 Å². The van der Waals surface area contributed by atoms with E-state index in [9.17, 15) is 17.2 Å². The highest BCUT2D eigenvalue weighted by atomic mass is 35.5. The van der Waals surface area contributed by atoms with E-state index in [1.165, 1.54) is 6.07 Å². The largest absolute Gasteiger partial charge is 0.399 e. The molecule has 0 aliphatic carbocycles. The minimum absolute atomic E-state index is 0.0734. The smallest absolute Gasteiger partial charge is 0.264 e. The number of sulfonamides is 1. The molecule has 0 aliphatic rings. The molecular formula is C12H8Cl2F2N2O2S. The normalized spacial score (nSPS) is 11.4. The number of nitrogens with one attached hydrogen (secondary N) is 1. The summed E-state index contributed by atoms with van der Waals surface area (Å²) in [5.74, 6) is -1.76. The highest BCUT2D eigenvalue weighted by Crippen LogP contribution is 2.33. The molecular weight excluding hydrogens is 345 g/mol. The maximum atomic E-state index is 13.7. The van der Waals surface area contributed by atoms with Crippen LogP contribution in [-0.4, -0.2) is 8.42 Å². The van der Waals surface area contributed by atoms with Crippen molar-refractivity contribution in [3.63, 3.8) is 0 Å². The van der Waals surface area contributed by atoms with E-state index in [0.717, 1.165) is 24.3 Å². The molecule has 0 saturated heterocycles. The van der Waals surface area contributed by atoms with E-state index in [1.54, 1.807) is 0 Å². The van der Waals surface area contributed by atoms with Gasteiger partial charge in [0.1, 0.15) is 16.5 Å². The predicted octanol–water partition coefficient (Wildman–Crippen LogP) is 3.65. The van der Waals surface area contributed by atoms with Crippen molar-refractivity contribution in [1.82, 2.24) is 0 Å². The molecule has 0 bridgehead atoms.